The molecular weight excluding hydrogens is 244 g/mol. The van der Waals surface area contributed by atoms with Crippen LogP contribution >= 0.6 is 23.8 Å². The number of aliphatic hydroxyl groups excluding tert-OH is 1. The molecule has 1 aromatic carbocycles. The van der Waals surface area contributed by atoms with Crippen molar-refractivity contribution in [3.05, 3.63) is 28.8 Å². The Balaban J connectivity index is 3.20. The molecular formula is C11H15ClN2OS. The zero-order valence-corrected chi connectivity index (χ0v) is 10.7. The van der Waals surface area contributed by atoms with Gasteiger partial charge in [0.25, 0.3) is 0 Å². The van der Waals surface area contributed by atoms with Crippen molar-refractivity contribution in [2.75, 3.05) is 24.6 Å². The summed E-state index contributed by atoms with van der Waals surface area (Å²) in [5, 5.41) is 9.53. The average molecular weight is 259 g/mol. The SMILES string of the molecule is CCN(CCO)c1cccc(Cl)c1C(N)=S. The van der Waals surface area contributed by atoms with E-state index >= 15 is 0 Å². The minimum Gasteiger partial charge on any atom is -0.395 e. The number of rotatable bonds is 5. The molecule has 0 amide bonds. The van der Waals surface area contributed by atoms with Crippen LogP contribution in [0.1, 0.15) is 12.5 Å². The van der Waals surface area contributed by atoms with Gasteiger partial charge in [-0.15, -0.1) is 0 Å². The third kappa shape index (κ3) is 2.84. The molecule has 88 valence electrons. The third-order valence-electron chi connectivity index (χ3n) is 2.33. The molecule has 0 aliphatic heterocycles. The fraction of sp³-hybridized carbons (Fsp3) is 0.364. The summed E-state index contributed by atoms with van der Waals surface area (Å²) in [6.07, 6.45) is 0. The molecule has 0 radical (unpaired) electrons. The highest BCUT2D eigenvalue weighted by atomic mass is 35.5. The predicted molar refractivity (Wildman–Crippen MR) is 72.3 cm³/mol. The summed E-state index contributed by atoms with van der Waals surface area (Å²) in [5.41, 5.74) is 7.21. The lowest BCUT2D eigenvalue weighted by Gasteiger charge is -2.25. The molecule has 0 aliphatic rings. The predicted octanol–water partition coefficient (Wildman–Crippen LogP) is 1.79. The standard InChI is InChI=1S/C11H15ClN2OS/c1-2-14(6-7-15)9-5-3-4-8(12)10(9)11(13)16/h3-5,15H,2,6-7H2,1H3,(H2,13,16). The van der Waals surface area contributed by atoms with E-state index in [1.807, 2.05) is 24.0 Å². The van der Waals surface area contributed by atoms with Gasteiger partial charge in [0, 0.05) is 18.8 Å². The van der Waals surface area contributed by atoms with E-state index in [0.717, 1.165) is 12.2 Å². The van der Waals surface area contributed by atoms with E-state index < -0.39 is 0 Å². The van der Waals surface area contributed by atoms with E-state index in [2.05, 4.69) is 0 Å². The van der Waals surface area contributed by atoms with E-state index in [1.54, 1.807) is 6.07 Å². The largest absolute Gasteiger partial charge is 0.395 e. The number of nitrogens with two attached hydrogens (primary N) is 1. The van der Waals surface area contributed by atoms with Gasteiger partial charge in [-0.3, -0.25) is 0 Å². The molecule has 3 N–H and O–H groups in total. The van der Waals surface area contributed by atoms with E-state index in [1.165, 1.54) is 0 Å². The first-order valence-electron chi connectivity index (χ1n) is 5.06. The van der Waals surface area contributed by atoms with E-state index in [9.17, 15) is 0 Å². The lowest BCUT2D eigenvalue weighted by Crippen LogP contribution is -2.28. The molecule has 0 spiro atoms. The van der Waals surface area contributed by atoms with Gasteiger partial charge in [0.15, 0.2) is 0 Å². The summed E-state index contributed by atoms with van der Waals surface area (Å²) in [5.74, 6) is 0. The van der Waals surface area contributed by atoms with Gasteiger partial charge < -0.3 is 15.7 Å². The summed E-state index contributed by atoms with van der Waals surface area (Å²) >= 11 is 11.1. The van der Waals surface area contributed by atoms with Crippen LogP contribution in [0.2, 0.25) is 5.02 Å². The molecule has 5 heteroatoms. The van der Waals surface area contributed by atoms with Crippen molar-refractivity contribution >= 4 is 34.5 Å². The topological polar surface area (TPSA) is 49.5 Å². The number of likely N-dealkylation sites (N-methyl/N-ethyl adjacent to an activating group) is 1. The van der Waals surface area contributed by atoms with Crippen LogP contribution in [-0.4, -0.2) is 29.8 Å². The number of benzene rings is 1. The zero-order valence-electron chi connectivity index (χ0n) is 9.11. The summed E-state index contributed by atoms with van der Waals surface area (Å²) in [4.78, 5) is 2.26. The second-order valence-electron chi connectivity index (χ2n) is 3.30. The van der Waals surface area contributed by atoms with Crippen LogP contribution in [0.5, 0.6) is 0 Å². The van der Waals surface area contributed by atoms with E-state index in [0.29, 0.717) is 17.1 Å². The van der Waals surface area contributed by atoms with Crippen LogP contribution in [0.4, 0.5) is 5.69 Å². The first kappa shape index (κ1) is 13.2. The van der Waals surface area contributed by atoms with Gasteiger partial charge in [-0.2, -0.15) is 0 Å². The molecule has 0 fully saturated rings. The number of nitrogens with zero attached hydrogens (tertiary/aromatic N) is 1. The van der Waals surface area contributed by atoms with Crippen molar-refractivity contribution in [3.8, 4) is 0 Å². The third-order valence-corrected chi connectivity index (χ3v) is 2.85. The fourth-order valence-corrected chi connectivity index (χ4v) is 2.13. The summed E-state index contributed by atoms with van der Waals surface area (Å²) in [7, 11) is 0. The van der Waals surface area contributed by atoms with Crippen LogP contribution in [0, 0.1) is 0 Å². The highest BCUT2D eigenvalue weighted by molar-refractivity contribution is 7.80. The molecule has 0 atom stereocenters. The minimum absolute atomic E-state index is 0.0805. The Bertz CT molecular complexity index is 384. The smallest absolute Gasteiger partial charge is 0.107 e. The second-order valence-corrected chi connectivity index (χ2v) is 4.15. The monoisotopic (exact) mass is 258 g/mol. The van der Waals surface area contributed by atoms with Gasteiger partial charge in [0.1, 0.15) is 4.99 Å². The van der Waals surface area contributed by atoms with Crippen molar-refractivity contribution in [2.45, 2.75) is 6.92 Å². The molecule has 0 bridgehead atoms. The van der Waals surface area contributed by atoms with Gasteiger partial charge in [-0.1, -0.05) is 29.9 Å². The Morgan fingerprint density at radius 3 is 2.75 bits per heavy atom. The molecule has 3 nitrogen and oxygen atoms in total. The maximum Gasteiger partial charge on any atom is 0.107 e. The molecule has 1 aromatic rings. The number of aliphatic hydroxyl groups is 1. The molecule has 0 unspecified atom stereocenters. The minimum atomic E-state index is 0.0805. The Morgan fingerprint density at radius 2 is 2.25 bits per heavy atom. The van der Waals surface area contributed by atoms with Crippen LogP contribution in [-0.2, 0) is 0 Å². The van der Waals surface area contributed by atoms with Crippen molar-refractivity contribution in [1.29, 1.82) is 0 Å². The maximum atomic E-state index is 8.99. The lowest BCUT2D eigenvalue weighted by atomic mass is 10.1. The van der Waals surface area contributed by atoms with Crippen LogP contribution in [0.15, 0.2) is 18.2 Å². The molecule has 0 saturated heterocycles. The summed E-state index contributed by atoms with van der Waals surface area (Å²) in [6.45, 7) is 3.38. The maximum absolute atomic E-state index is 8.99. The Morgan fingerprint density at radius 1 is 1.56 bits per heavy atom. The molecule has 0 aliphatic carbocycles. The first-order valence-corrected chi connectivity index (χ1v) is 5.84. The normalized spacial score (nSPS) is 10.2. The Kier molecular flexibility index (Phi) is 4.99. The highest BCUT2D eigenvalue weighted by Crippen LogP contribution is 2.27. The van der Waals surface area contributed by atoms with Crippen LogP contribution in [0.3, 0.4) is 0 Å². The number of hydrogen-bond acceptors (Lipinski definition) is 3. The van der Waals surface area contributed by atoms with E-state index in [-0.39, 0.29) is 11.6 Å². The van der Waals surface area contributed by atoms with Crippen molar-refractivity contribution in [2.24, 2.45) is 5.73 Å². The summed E-state index contributed by atoms with van der Waals surface area (Å²) < 4.78 is 0. The molecule has 16 heavy (non-hydrogen) atoms. The second kappa shape index (κ2) is 6.03. The van der Waals surface area contributed by atoms with Crippen LogP contribution in [0.25, 0.3) is 0 Å². The van der Waals surface area contributed by atoms with Gasteiger partial charge >= 0.3 is 0 Å². The molecule has 0 saturated carbocycles. The number of anilines is 1. The highest BCUT2D eigenvalue weighted by Gasteiger charge is 2.14. The molecule has 1 rings (SSSR count). The molecule has 0 aromatic heterocycles. The Labute approximate surface area is 106 Å². The van der Waals surface area contributed by atoms with Gasteiger partial charge in [0.05, 0.1) is 17.2 Å². The fourth-order valence-electron chi connectivity index (χ4n) is 1.59. The van der Waals surface area contributed by atoms with Gasteiger partial charge in [-0.25, -0.2) is 0 Å². The van der Waals surface area contributed by atoms with Crippen molar-refractivity contribution < 1.29 is 5.11 Å². The number of halogens is 1. The van der Waals surface area contributed by atoms with Gasteiger partial charge in [0.2, 0.25) is 0 Å². The number of thiocarbonyl (C=S) groups is 1. The zero-order chi connectivity index (χ0) is 12.1. The lowest BCUT2D eigenvalue weighted by molar-refractivity contribution is 0.302. The van der Waals surface area contributed by atoms with Crippen LogP contribution < -0.4 is 10.6 Å². The first-order chi connectivity index (χ1) is 7.61. The van der Waals surface area contributed by atoms with Crippen molar-refractivity contribution in [1.82, 2.24) is 0 Å². The molecule has 0 heterocycles. The summed E-state index contributed by atoms with van der Waals surface area (Å²) in [6, 6.07) is 5.51. The van der Waals surface area contributed by atoms with Crippen molar-refractivity contribution in [3.63, 3.8) is 0 Å². The van der Waals surface area contributed by atoms with E-state index in [4.69, 9.17) is 34.7 Å². The Hall–Kier alpha value is -0.840. The van der Waals surface area contributed by atoms with Gasteiger partial charge in [-0.05, 0) is 19.1 Å². The average Bonchev–Trinajstić information content (AvgIpc) is 2.25. The quantitative estimate of drug-likeness (QED) is 0.791. The number of hydrogen-bond donors (Lipinski definition) is 2.